The van der Waals surface area contributed by atoms with Gasteiger partial charge in [0.05, 0.1) is 12.8 Å². The molecule has 2 amide bonds. The molecule has 0 aliphatic carbocycles. The molecular formula is C25H21ClN4O3S2. The number of hydrogen-bond donors (Lipinski definition) is 0. The predicted molar refractivity (Wildman–Crippen MR) is 138 cm³/mol. The topological polar surface area (TPSA) is 69.9 Å². The van der Waals surface area contributed by atoms with Crippen molar-refractivity contribution in [1.82, 2.24) is 14.8 Å². The van der Waals surface area contributed by atoms with Crippen molar-refractivity contribution < 1.29 is 14.0 Å². The Morgan fingerprint density at radius 1 is 1.20 bits per heavy atom. The first kappa shape index (κ1) is 22.7. The number of likely N-dealkylation sites (N-methyl/N-ethyl adjacent to an activating group) is 2. The third-order valence-corrected chi connectivity index (χ3v) is 9.57. The summed E-state index contributed by atoms with van der Waals surface area (Å²) in [6.45, 7) is 0.665. The first-order valence-electron chi connectivity index (χ1n) is 11.1. The van der Waals surface area contributed by atoms with Crippen LogP contribution in [0.5, 0.6) is 0 Å². The van der Waals surface area contributed by atoms with E-state index >= 15 is 0 Å². The van der Waals surface area contributed by atoms with Crippen LogP contribution in [-0.4, -0.2) is 56.3 Å². The van der Waals surface area contributed by atoms with E-state index in [1.807, 2.05) is 42.3 Å². The molecule has 178 valence electrons. The maximum absolute atomic E-state index is 14.6. The van der Waals surface area contributed by atoms with Crippen LogP contribution in [0.25, 0.3) is 0 Å². The van der Waals surface area contributed by atoms with E-state index in [1.54, 1.807) is 47.6 Å². The lowest BCUT2D eigenvalue weighted by Gasteiger charge is -2.42. The minimum absolute atomic E-state index is 0.174. The fourth-order valence-corrected chi connectivity index (χ4v) is 8.24. The van der Waals surface area contributed by atoms with Crippen LogP contribution in [0, 0.1) is 0 Å². The first-order chi connectivity index (χ1) is 16.8. The van der Waals surface area contributed by atoms with Gasteiger partial charge >= 0.3 is 0 Å². The zero-order chi connectivity index (χ0) is 24.5. The quantitative estimate of drug-likeness (QED) is 0.479. The molecule has 35 heavy (non-hydrogen) atoms. The molecule has 2 fully saturated rings. The third-order valence-electron chi connectivity index (χ3n) is 7.39. The van der Waals surface area contributed by atoms with Gasteiger partial charge < -0.3 is 9.32 Å². The van der Waals surface area contributed by atoms with Gasteiger partial charge in [-0.3, -0.25) is 24.4 Å². The lowest BCUT2D eigenvalue weighted by molar-refractivity contribution is -0.139. The Kier molecular flexibility index (Phi) is 5.12. The number of aromatic nitrogens is 1. The normalized spacial score (nSPS) is 28.2. The van der Waals surface area contributed by atoms with Crippen molar-refractivity contribution in [3.05, 3.63) is 83.0 Å². The van der Waals surface area contributed by atoms with Gasteiger partial charge in [0, 0.05) is 48.2 Å². The molecule has 3 unspecified atom stereocenters. The van der Waals surface area contributed by atoms with Gasteiger partial charge in [0.2, 0.25) is 5.91 Å². The van der Waals surface area contributed by atoms with E-state index in [0.29, 0.717) is 21.6 Å². The second-order valence-electron chi connectivity index (χ2n) is 9.03. The molecule has 0 saturated carbocycles. The zero-order valence-electron chi connectivity index (χ0n) is 19.0. The molecule has 7 nitrogen and oxygen atoms in total. The summed E-state index contributed by atoms with van der Waals surface area (Å²) in [6, 6.07) is 12.8. The third kappa shape index (κ3) is 2.83. The number of amides is 2. The number of pyridine rings is 1. The second-order valence-corrected chi connectivity index (χ2v) is 11.3. The fraction of sp³-hybridized carbons (Fsp3) is 0.280. The number of hydrogen-bond acceptors (Lipinski definition) is 7. The Morgan fingerprint density at radius 2 is 2.03 bits per heavy atom. The van der Waals surface area contributed by atoms with Crippen molar-refractivity contribution in [2.75, 3.05) is 25.5 Å². The van der Waals surface area contributed by atoms with E-state index in [0.717, 1.165) is 16.8 Å². The maximum atomic E-state index is 14.6. The predicted octanol–water partition coefficient (Wildman–Crippen LogP) is 4.03. The fourth-order valence-electron chi connectivity index (χ4n) is 5.95. The highest BCUT2D eigenvalue weighted by Gasteiger charge is 2.78. The summed E-state index contributed by atoms with van der Waals surface area (Å²) in [7, 11) is 3.64. The van der Waals surface area contributed by atoms with Crippen LogP contribution in [-0.2, 0) is 21.7 Å². The van der Waals surface area contributed by atoms with Gasteiger partial charge in [-0.2, -0.15) is 0 Å². The van der Waals surface area contributed by atoms with Gasteiger partial charge in [0.1, 0.15) is 14.8 Å². The summed E-state index contributed by atoms with van der Waals surface area (Å²) in [5.74, 6) is -0.112. The van der Waals surface area contributed by atoms with Crippen LogP contribution in [0.3, 0.4) is 0 Å². The number of fused-ring (bicyclic) bond motifs is 3. The van der Waals surface area contributed by atoms with Crippen molar-refractivity contribution in [3.63, 3.8) is 0 Å². The number of rotatable bonds is 3. The minimum Gasteiger partial charge on any atom is -0.467 e. The molecule has 3 aliphatic rings. The van der Waals surface area contributed by atoms with Crippen LogP contribution in [0.1, 0.15) is 22.8 Å². The number of thioether (sulfide) groups is 1. The summed E-state index contributed by atoms with van der Waals surface area (Å²) in [6.07, 6.45) is 5.04. The summed E-state index contributed by atoms with van der Waals surface area (Å²) in [4.78, 5) is 38.4. The lowest BCUT2D eigenvalue weighted by atomic mass is 9.72. The number of furan rings is 1. The Hall–Kier alpha value is -2.72. The van der Waals surface area contributed by atoms with Gasteiger partial charge in [0.25, 0.3) is 5.91 Å². The number of carbonyl (C=O) groups excluding carboxylic acids is 2. The highest BCUT2D eigenvalue weighted by molar-refractivity contribution is 8.25. The Labute approximate surface area is 217 Å². The molecule has 2 aromatic heterocycles. The van der Waals surface area contributed by atoms with Gasteiger partial charge in [-0.05, 0) is 49.0 Å². The van der Waals surface area contributed by atoms with E-state index in [4.69, 9.17) is 28.2 Å². The number of halogens is 1. The van der Waals surface area contributed by atoms with E-state index < -0.39 is 10.3 Å². The molecule has 0 radical (unpaired) electrons. The lowest BCUT2D eigenvalue weighted by Crippen LogP contribution is -2.62. The number of anilines is 1. The number of nitrogens with zero attached hydrogens (tertiary/aromatic N) is 4. The SMILES string of the molecule is CN1C(=O)C2(c3cc(Cl)ccc31)N(C)CC(c1cccnc1)C21SC(=S)N(Cc2ccco2)C1=O. The van der Waals surface area contributed by atoms with Gasteiger partial charge in [-0.15, -0.1) is 0 Å². The summed E-state index contributed by atoms with van der Waals surface area (Å²) < 4.78 is 4.69. The molecule has 5 heterocycles. The van der Waals surface area contributed by atoms with Crippen LogP contribution < -0.4 is 4.90 Å². The van der Waals surface area contributed by atoms with Crippen LogP contribution >= 0.6 is 35.6 Å². The molecule has 3 atom stereocenters. The molecule has 3 aromatic rings. The smallest absolute Gasteiger partial charge is 0.254 e. The first-order valence-corrected chi connectivity index (χ1v) is 12.7. The van der Waals surface area contributed by atoms with E-state index in [9.17, 15) is 9.59 Å². The van der Waals surface area contributed by atoms with E-state index in [1.165, 1.54) is 11.8 Å². The Morgan fingerprint density at radius 3 is 2.74 bits per heavy atom. The molecule has 1 aromatic carbocycles. The average molecular weight is 525 g/mol. The number of benzene rings is 1. The highest BCUT2D eigenvalue weighted by Crippen LogP contribution is 2.66. The van der Waals surface area contributed by atoms with Crippen LogP contribution in [0.4, 0.5) is 5.69 Å². The van der Waals surface area contributed by atoms with Crippen molar-refractivity contribution in [2.24, 2.45) is 0 Å². The minimum atomic E-state index is -1.30. The molecule has 2 saturated heterocycles. The van der Waals surface area contributed by atoms with Gasteiger partial charge in [-0.1, -0.05) is 41.6 Å². The maximum Gasteiger partial charge on any atom is 0.254 e. The van der Waals surface area contributed by atoms with Crippen LogP contribution in [0.2, 0.25) is 5.02 Å². The Balaban J connectivity index is 1.62. The summed E-state index contributed by atoms with van der Waals surface area (Å²) in [5, 5.41) is 0.505. The Bertz CT molecular complexity index is 1370. The zero-order valence-corrected chi connectivity index (χ0v) is 21.4. The molecule has 3 aliphatic heterocycles. The van der Waals surface area contributed by atoms with Crippen molar-refractivity contribution in [1.29, 1.82) is 0 Å². The molecule has 6 rings (SSSR count). The van der Waals surface area contributed by atoms with Gasteiger partial charge in [-0.25, -0.2) is 0 Å². The number of thiocarbonyl (C=S) groups is 1. The second kappa shape index (κ2) is 7.89. The standard InChI is InChI=1S/C25H21ClN4O3S2/c1-28-14-19(15-5-3-9-27-12-15)25(22(32)30(23(34)35-25)13-17-6-4-10-33-17)24(28)18-11-16(26)7-8-20(18)29(2)21(24)31/h3-12,19H,13-14H2,1-2H3. The molecule has 0 N–H and O–H groups in total. The van der Waals surface area contributed by atoms with Crippen molar-refractivity contribution >= 4 is 57.4 Å². The number of carbonyl (C=O) groups is 2. The number of likely N-dealkylation sites (tertiary alicyclic amines) is 1. The van der Waals surface area contributed by atoms with E-state index in [2.05, 4.69) is 4.98 Å². The summed E-state index contributed by atoms with van der Waals surface area (Å²) >= 11 is 13.6. The monoisotopic (exact) mass is 524 g/mol. The summed E-state index contributed by atoms with van der Waals surface area (Å²) in [5.41, 5.74) is 1.04. The highest BCUT2D eigenvalue weighted by atomic mass is 35.5. The molecular weight excluding hydrogens is 504 g/mol. The largest absolute Gasteiger partial charge is 0.467 e. The van der Waals surface area contributed by atoms with Crippen molar-refractivity contribution in [2.45, 2.75) is 22.7 Å². The average Bonchev–Trinajstić information content (AvgIpc) is 3.57. The molecule has 10 heteroatoms. The van der Waals surface area contributed by atoms with Crippen molar-refractivity contribution in [3.8, 4) is 0 Å². The molecule has 2 spiro atoms. The van der Waals surface area contributed by atoms with E-state index in [-0.39, 0.29) is 24.3 Å². The molecule has 0 bridgehead atoms. The van der Waals surface area contributed by atoms with Gasteiger partial charge in [0.15, 0.2) is 5.54 Å². The van der Waals surface area contributed by atoms with Crippen LogP contribution in [0.15, 0.2) is 65.5 Å².